The average molecular weight is 276 g/mol. The zero-order valence-electron chi connectivity index (χ0n) is 8.33. The Morgan fingerprint density at radius 1 is 1.29 bits per heavy atom. The average Bonchev–Trinajstić information content (AvgIpc) is 2.19. The molecule has 3 nitrogen and oxygen atoms in total. The van der Waals surface area contributed by atoms with Crippen molar-refractivity contribution >= 4 is 12.4 Å². The van der Waals surface area contributed by atoms with Gasteiger partial charge in [-0.15, -0.1) is 12.4 Å². The number of halogens is 5. The van der Waals surface area contributed by atoms with E-state index in [9.17, 15) is 22.7 Å². The third-order valence-corrected chi connectivity index (χ3v) is 2.04. The fourth-order valence-electron chi connectivity index (χ4n) is 1.30. The summed E-state index contributed by atoms with van der Waals surface area (Å²) >= 11 is 0. The maximum absolute atomic E-state index is 12.9. The van der Waals surface area contributed by atoms with Crippen molar-refractivity contribution in [3.8, 4) is 5.75 Å². The number of phenols is 1. The number of aromatic hydroxyl groups is 1. The van der Waals surface area contributed by atoms with Gasteiger partial charge in [0.25, 0.3) is 0 Å². The van der Waals surface area contributed by atoms with Crippen LogP contribution in [0.2, 0.25) is 0 Å². The van der Waals surface area contributed by atoms with Crippen LogP contribution in [0.25, 0.3) is 0 Å². The highest BCUT2D eigenvalue weighted by Gasteiger charge is 2.36. The molecule has 0 aliphatic carbocycles. The molecule has 0 bridgehead atoms. The van der Waals surface area contributed by atoms with Crippen LogP contribution in [0, 0.1) is 5.82 Å². The number of nitrogens with two attached hydrogens (primary N) is 1. The molecule has 98 valence electrons. The Morgan fingerprint density at radius 2 is 1.82 bits per heavy atom. The molecular formula is C9H10ClF4NO2. The first kappa shape index (κ1) is 16.0. The van der Waals surface area contributed by atoms with Crippen molar-refractivity contribution in [3.63, 3.8) is 0 Å². The summed E-state index contributed by atoms with van der Waals surface area (Å²) in [5.74, 6) is -2.40. The van der Waals surface area contributed by atoms with E-state index in [0.29, 0.717) is 12.1 Å². The zero-order valence-corrected chi connectivity index (χ0v) is 9.15. The van der Waals surface area contributed by atoms with Crippen molar-refractivity contribution in [1.29, 1.82) is 0 Å². The van der Waals surface area contributed by atoms with E-state index in [1.807, 2.05) is 0 Å². The number of hydrogen-bond donors (Lipinski definition) is 3. The van der Waals surface area contributed by atoms with Crippen LogP contribution in [-0.4, -0.2) is 16.8 Å². The molecule has 4 N–H and O–H groups in total. The molecule has 1 aromatic rings. The third-order valence-electron chi connectivity index (χ3n) is 2.04. The minimum atomic E-state index is -4.77. The number of benzene rings is 1. The zero-order chi connectivity index (χ0) is 12.5. The topological polar surface area (TPSA) is 66.5 Å². The predicted molar refractivity (Wildman–Crippen MR) is 54.3 cm³/mol. The highest BCUT2D eigenvalue weighted by atomic mass is 35.5. The maximum atomic E-state index is 12.9. The lowest BCUT2D eigenvalue weighted by Gasteiger charge is -2.18. The second-order valence-electron chi connectivity index (χ2n) is 3.14. The largest absolute Gasteiger partial charge is 0.505 e. The van der Waals surface area contributed by atoms with E-state index in [2.05, 4.69) is 0 Å². The van der Waals surface area contributed by atoms with Crippen LogP contribution in [0.15, 0.2) is 12.1 Å². The van der Waals surface area contributed by atoms with E-state index in [-0.39, 0.29) is 12.4 Å². The molecule has 0 amide bonds. The van der Waals surface area contributed by atoms with Crippen LogP contribution < -0.4 is 5.73 Å². The summed E-state index contributed by atoms with van der Waals surface area (Å²) in [6, 6.07) is -0.529. The molecule has 1 atom stereocenters. The van der Waals surface area contributed by atoms with Gasteiger partial charge >= 0.3 is 6.18 Å². The number of hydrogen-bond acceptors (Lipinski definition) is 3. The number of rotatable bonds is 2. The summed E-state index contributed by atoms with van der Waals surface area (Å²) in [5.41, 5.74) is 3.09. The molecule has 0 spiro atoms. The van der Waals surface area contributed by atoms with E-state index in [0.717, 1.165) is 0 Å². The van der Waals surface area contributed by atoms with Crippen LogP contribution in [0.4, 0.5) is 17.6 Å². The van der Waals surface area contributed by atoms with Crippen LogP contribution in [0.5, 0.6) is 5.75 Å². The predicted octanol–water partition coefficient (Wildman–Crippen LogP) is 1.96. The van der Waals surface area contributed by atoms with E-state index in [1.54, 1.807) is 0 Å². The Hall–Kier alpha value is -1.05. The standard InChI is InChI=1S/C9H9F4NO2.ClH/c10-5-2-1-4(9(11,12)13)7(8(5)16)6(14)3-15;/h1-2,6,15-16H,3,14H2;1H/t6-;/m0./s1. The van der Waals surface area contributed by atoms with E-state index in [4.69, 9.17) is 10.8 Å². The third kappa shape index (κ3) is 3.21. The van der Waals surface area contributed by atoms with Gasteiger partial charge in [-0.05, 0) is 12.1 Å². The number of alkyl halides is 3. The smallest absolute Gasteiger partial charge is 0.416 e. The number of aliphatic hydroxyl groups excluding tert-OH is 1. The molecule has 0 unspecified atom stereocenters. The first-order chi connectivity index (χ1) is 7.29. The molecule has 0 saturated heterocycles. The van der Waals surface area contributed by atoms with Crippen molar-refractivity contribution in [3.05, 3.63) is 29.1 Å². The lowest BCUT2D eigenvalue weighted by atomic mass is 9.99. The molecule has 0 fully saturated rings. The molecule has 0 radical (unpaired) electrons. The van der Waals surface area contributed by atoms with Crippen molar-refractivity contribution < 1.29 is 27.8 Å². The molecule has 0 aromatic heterocycles. The fourth-order valence-corrected chi connectivity index (χ4v) is 1.30. The minimum absolute atomic E-state index is 0. The van der Waals surface area contributed by atoms with Gasteiger partial charge in [0.2, 0.25) is 0 Å². The number of phenolic OH excluding ortho intramolecular Hbond substituents is 1. The van der Waals surface area contributed by atoms with Gasteiger partial charge in [-0.3, -0.25) is 0 Å². The van der Waals surface area contributed by atoms with Gasteiger partial charge in [-0.2, -0.15) is 13.2 Å². The van der Waals surface area contributed by atoms with Crippen LogP contribution >= 0.6 is 12.4 Å². The summed E-state index contributed by atoms with van der Waals surface area (Å²) in [6.07, 6.45) is -4.77. The summed E-state index contributed by atoms with van der Waals surface area (Å²) in [5, 5.41) is 17.8. The molecule has 1 rings (SSSR count). The number of aliphatic hydroxyl groups is 1. The van der Waals surface area contributed by atoms with E-state index >= 15 is 0 Å². The first-order valence-corrected chi connectivity index (χ1v) is 4.24. The normalized spacial score (nSPS) is 13.1. The Bertz CT molecular complexity index is 397. The Morgan fingerprint density at radius 3 is 2.24 bits per heavy atom. The second kappa shape index (κ2) is 5.52. The molecule has 0 heterocycles. The Balaban J connectivity index is 0.00000256. The van der Waals surface area contributed by atoms with Crippen molar-refractivity contribution in [2.75, 3.05) is 6.61 Å². The summed E-state index contributed by atoms with van der Waals surface area (Å²) in [7, 11) is 0. The quantitative estimate of drug-likeness (QED) is 0.723. The molecule has 0 aliphatic rings. The minimum Gasteiger partial charge on any atom is -0.505 e. The highest BCUT2D eigenvalue weighted by molar-refractivity contribution is 5.85. The van der Waals surface area contributed by atoms with Crippen LogP contribution in [0.1, 0.15) is 17.2 Å². The van der Waals surface area contributed by atoms with Crippen molar-refractivity contribution in [2.24, 2.45) is 5.73 Å². The SMILES string of the molecule is Cl.N[C@@H](CO)c1c(C(F)(F)F)ccc(F)c1O. The van der Waals surface area contributed by atoms with Crippen LogP contribution in [-0.2, 0) is 6.18 Å². The lowest BCUT2D eigenvalue weighted by Crippen LogP contribution is -2.20. The summed E-state index contributed by atoms with van der Waals surface area (Å²) in [6.45, 7) is -0.833. The highest BCUT2D eigenvalue weighted by Crippen LogP contribution is 2.39. The van der Waals surface area contributed by atoms with Gasteiger partial charge < -0.3 is 15.9 Å². The Labute approximate surface area is 100 Å². The summed E-state index contributed by atoms with van der Waals surface area (Å²) in [4.78, 5) is 0. The maximum Gasteiger partial charge on any atom is 0.416 e. The van der Waals surface area contributed by atoms with E-state index < -0.39 is 41.5 Å². The first-order valence-electron chi connectivity index (χ1n) is 4.24. The lowest BCUT2D eigenvalue weighted by molar-refractivity contribution is -0.138. The van der Waals surface area contributed by atoms with Gasteiger partial charge in [-0.25, -0.2) is 4.39 Å². The van der Waals surface area contributed by atoms with Gasteiger partial charge in [0.15, 0.2) is 11.6 Å². The summed E-state index contributed by atoms with van der Waals surface area (Å²) < 4.78 is 50.3. The van der Waals surface area contributed by atoms with Gasteiger partial charge in [0.05, 0.1) is 18.2 Å². The molecule has 8 heteroatoms. The molecule has 0 saturated carbocycles. The molecule has 1 aromatic carbocycles. The van der Waals surface area contributed by atoms with Crippen molar-refractivity contribution in [2.45, 2.75) is 12.2 Å². The van der Waals surface area contributed by atoms with Crippen molar-refractivity contribution in [1.82, 2.24) is 0 Å². The monoisotopic (exact) mass is 275 g/mol. The van der Waals surface area contributed by atoms with Gasteiger partial charge in [0, 0.05) is 5.56 Å². The second-order valence-corrected chi connectivity index (χ2v) is 3.14. The molecule has 17 heavy (non-hydrogen) atoms. The molecular weight excluding hydrogens is 266 g/mol. The van der Waals surface area contributed by atoms with Gasteiger partial charge in [-0.1, -0.05) is 0 Å². The fraction of sp³-hybridized carbons (Fsp3) is 0.333. The van der Waals surface area contributed by atoms with Gasteiger partial charge in [0.1, 0.15) is 0 Å². The van der Waals surface area contributed by atoms with E-state index in [1.165, 1.54) is 0 Å². The Kier molecular flexibility index (Phi) is 5.18. The molecule has 0 aliphatic heterocycles. The van der Waals surface area contributed by atoms with Crippen LogP contribution in [0.3, 0.4) is 0 Å².